The molecule has 0 radical (unpaired) electrons. The average molecular weight is 257 g/mol. The van der Waals surface area contributed by atoms with Crippen molar-refractivity contribution in [2.24, 2.45) is 0 Å². The number of benzene rings is 1. The van der Waals surface area contributed by atoms with Crippen molar-refractivity contribution in [3.05, 3.63) is 36.0 Å². The van der Waals surface area contributed by atoms with Crippen LogP contribution >= 0.6 is 0 Å². The first kappa shape index (κ1) is 13.8. The molecule has 2 aromatic rings. The van der Waals surface area contributed by atoms with Crippen LogP contribution in [0.1, 0.15) is 32.9 Å². The van der Waals surface area contributed by atoms with E-state index in [0.29, 0.717) is 6.04 Å². The Labute approximate surface area is 115 Å². The van der Waals surface area contributed by atoms with E-state index in [2.05, 4.69) is 61.7 Å². The van der Waals surface area contributed by atoms with E-state index >= 15 is 0 Å². The van der Waals surface area contributed by atoms with Crippen LogP contribution in [0.25, 0.3) is 10.8 Å². The highest BCUT2D eigenvalue weighted by atomic mass is 15.0. The minimum Gasteiger partial charge on any atom is -0.367 e. The predicted octanol–water partition coefficient (Wildman–Crippen LogP) is 3.55. The number of nitrogens with one attached hydrogen (secondary N) is 2. The van der Waals surface area contributed by atoms with Crippen LogP contribution in [0.4, 0.5) is 5.82 Å². The lowest BCUT2D eigenvalue weighted by molar-refractivity contribution is 0.665. The fourth-order valence-electron chi connectivity index (χ4n) is 2.12. The summed E-state index contributed by atoms with van der Waals surface area (Å²) in [4.78, 5) is 4.74. The summed E-state index contributed by atoms with van der Waals surface area (Å²) in [5, 5.41) is 9.28. The Morgan fingerprint density at radius 3 is 2.74 bits per heavy atom. The largest absolute Gasteiger partial charge is 0.367 e. The molecule has 3 nitrogen and oxygen atoms in total. The number of pyridine rings is 1. The second-order valence-corrected chi connectivity index (χ2v) is 5.16. The van der Waals surface area contributed by atoms with Crippen LogP contribution in [0.2, 0.25) is 0 Å². The Kier molecular flexibility index (Phi) is 4.74. The zero-order valence-electron chi connectivity index (χ0n) is 12.0. The van der Waals surface area contributed by atoms with Crippen molar-refractivity contribution in [1.82, 2.24) is 10.3 Å². The van der Waals surface area contributed by atoms with Crippen LogP contribution in [0.15, 0.2) is 30.3 Å². The third kappa shape index (κ3) is 3.67. The normalized spacial score (nSPS) is 11.2. The molecular formula is C16H23N3. The zero-order chi connectivity index (χ0) is 13.7. The van der Waals surface area contributed by atoms with Crippen molar-refractivity contribution in [3.63, 3.8) is 0 Å². The second-order valence-electron chi connectivity index (χ2n) is 5.16. The molecule has 0 amide bonds. The maximum absolute atomic E-state index is 4.74. The van der Waals surface area contributed by atoms with Crippen molar-refractivity contribution in [1.29, 1.82) is 0 Å². The zero-order valence-corrected chi connectivity index (χ0v) is 12.0. The minimum atomic E-state index is 0.384. The summed E-state index contributed by atoms with van der Waals surface area (Å²) in [5.74, 6) is 0.987. The van der Waals surface area contributed by atoms with E-state index in [0.717, 1.165) is 31.0 Å². The van der Waals surface area contributed by atoms with Crippen molar-refractivity contribution >= 4 is 16.6 Å². The van der Waals surface area contributed by atoms with Gasteiger partial charge in [0, 0.05) is 18.0 Å². The summed E-state index contributed by atoms with van der Waals surface area (Å²) in [6.07, 6.45) is 1.14. The lowest BCUT2D eigenvalue weighted by atomic mass is 10.1. The minimum absolute atomic E-state index is 0.384. The van der Waals surface area contributed by atoms with Crippen LogP contribution in [0.5, 0.6) is 0 Å². The summed E-state index contributed by atoms with van der Waals surface area (Å²) < 4.78 is 0. The number of hydrogen-bond donors (Lipinski definition) is 2. The highest BCUT2D eigenvalue weighted by Crippen LogP contribution is 2.23. The lowest BCUT2D eigenvalue weighted by Crippen LogP contribution is -2.17. The fourth-order valence-corrected chi connectivity index (χ4v) is 2.12. The van der Waals surface area contributed by atoms with E-state index in [1.807, 2.05) is 0 Å². The van der Waals surface area contributed by atoms with Gasteiger partial charge in [-0.2, -0.15) is 0 Å². The van der Waals surface area contributed by atoms with Crippen LogP contribution < -0.4 is 10.6 Å². The molecule has 0 unspecified atom stereocenters. The Morgan fingerprint density at radius 2 is 2.00 bits per heavy atom. The van der Waals surface area contributed by atoms with Crippen LogP contribution in [0.3, 0.4) is 0 Å². The van der Waals surface area contributed by atoms with Crippen LogP contribution in [-0.2, 0) is 6.54 Å². The molecule has 0 fully saturated rings. The van der Waals surface area contributed by atoms with Gasteiger partial charge >= 0.3 is 0 Å². The molecule has 1 heterocycles. The number of anilines is 1. The summed E-state index contributed by atoms with van der Waals surface area (Å²) in [6, 6.07) is 11.0. The van der Waals surface area contributed by atoms with E-state index in [4.69, 9.17) is 4.98 Å². The molecule has 0 aliphatic rings. The van der Waals surface area contributed by atoms with E-state index in [1.165, 1.54) is 10.8 Å². The van der Waals surface area contributed by atoms with Gasteiger partial charge in [0.15, 0.2) is 0 Å². The molecule has 102 valence electrons. The molecular weight excluding hydrogens is 234 g/mol. The number of fused-ring (bicyclic) bond motifs is 1. The molecule has 0 bridgehead atoms. The van der Waals surface area contributed by atoms with Gasteiger partial charge in [0.05, 0.1) is 5.69 Å². The second kappa shape index (κ2) is 6.53. The van der Waals surface area contributed by atoms with Crippen LogP contribution in [0, 0.1) is 0 Å². The van der Waals surface area contributed by atoms with Gasteiger partial charge in [-0.1, -0.05) is 31.2 Å². The molecule has 0 atom stereocenters. The number of hydrogen-bond acceptors (Lipinski definition) is 3. The molecule has 0 spiro atoms. The molecule has 1 aromatic heterocycles. The van der Waals surface area contributed by atoms with E-state index < -0.39 is 0 Å². The topological polar surface area (TPSA) is 37.0 Å². The first-order chi connectivity index (χ1) is 9.20. The molecule has 1 aromatic carbocycles. The third-order valence-corrected chi connectivity index (χ3v) is 2.95. The molecule has 0 saturated heterocycles. The third-order valence-electron chi connectivity index (χ3n) is 2.95. The van der Waals surface area contributed by atoms with Gasteiger partial charge in [-0.25, -0.2) is 4.98 Å². The van der Waals surface area contributed by atoms with Crippen molar-refractivity contribution < 1.29 is 0 Å². The predicted molar refractivity (Wildman–Crippen MR) is 82.5 cm³/mol. The standard InChI is InChI=1S/C16H23N3/c1-4-9-17-11-14-10-13-7-5-6-8-15(13)16(19-14)18-12(2)3/h5-8,10,12,17H,4,9,11H2,1-3H3,(H,18,19). The van der Waals surface area contributed by atoms with Gasteiger partial charge in [0.25, 0.3) is 0 Å². The quantitative estimate of drug-likeness (QED) is 0.777. The maximum atomic E-state index is 4.74. The molecule has 2 rings (SSSR count). The monoisotopic (exact) mass is 257 g/mol. The SMILES string of the molecule is CCCNCc1cc2ccccc2c(NC(C)C)n1. The first-order valence-corrected chi connectivity index (χ1v) is 7.06. The highest BCUT2D eigenvalue weighted by molar-refractivity contribution is 5.92. The molecule has 2 N–H and O–H groups in total. The van der Waals surface area contributed by atoms with Crippen molar-refractivity contribution in [2.45, 2.75) is 39.8 Å². The number of aromatic nitrogens is 1. The van der Waals surface area contributed by atoms with Gasteiger partial charge in [-0.15, -0.1) is 0 Å². The van der Waals surface area contributed by atoms with Gasteiger partial charge in [-0.3, -0.25) is 0 Å². The smallest absolute Gasteiger partial charge is 0.134 e. The molecule has 0 aliphatic carbocycles. The molecule has 19 heavy (non-hydrogen) atoms. The summed E-state index contributed by atoms with van der Waals surface area (Å²) >= 11 is 0. The lowest BCUT2D eigenvalue weighted by Gasteiger charge is -2.14. The number of nitrogens with zero attached hydrogens (tertiary/aromatic N) is 1. The van der Waals surface area contributed by atoms with E-state index in [9.17, 15) is 0 Å². The molecule has 0 saturated carbocycles. The average Bonchev–Trinajstić information content (AvgIpc) is 2.38. The summed E-state index contributed by atoms with van der Waals surface area (Å²) in [5.41, 5.74) is 1.09. The van der Waals surface area contributed by atoms with E-state index in [1.54, 1.807) is 0 Å². The fraction of sp³-hybridized carbons (Fsp3) is 0.438. The van der Waals surface area contributed by atoms with Gasteiger partial charge in [-0.05, 0) is 38.3 Å². The first-order valence-electron chi connectivity index (χ1n) is 7.06. The maximum Gasteiger partial charge on any atom is 0.134 e. The van der Waals surface area contributed by atoms with Gasteiger partial charge < -0.3 is 10.6 Å². The Hall–Kier alpha value is -1.61. The Bertz CT molecular complexity index is 535. The number of rotatable bonds is 6. The molecule has 3 heteroatoms. The highest BCUT2D eigenvalue weighted by Gasteiger charge is 2.06. The van der Waals surface area contributed by atoms with Gasteiger partial charge in [0.1, 0.15) is 5.82 Å². The Morgan fingerprint density at radius 1 is 1.21 bits per heavy atom. The van der Waals surface area contributed by atoms with Crippen molar-refractivity contribution in [3.8, 4) is 0 Å². The Balaban J connectivity index is 2.33. The van der Waals surface area contributed by atoms with Gasteiger partial charge in [0.2, 0.25) is 0 Å². The van der Waals surface area contributed by atoms with Crippen molar-refractivity contribution in [2.75, 3.05) is 11.9 Å². The van der Waals surface area contributed by atoms with Crippen LogP contribution in [-0.4, -0.2) is 17.6 Å². The molecule has 0 aliphatic heterocycles. The summed E-state index contributed by atoms with van der Waals surface area (Å²) in [6.45, 7) is 8.30. The van der Waals surface area contributed by atoms with E-state index in [-0.39, 0.29) is 0 Å². The summed E-state index contributed by atoms with van der Waals surface area (Å²) in [7, 11) is 0.